The van der Waals surface area contributed by atoms with Gasteiger partial charge in [0.15, 0.2) is 10.3 Å². The van der Waals surface area contributed by atoms with Crippen LogP contribution in [-0.4, -0.2) is 50.7 Å². The van der Waals surface area contributed by atoms with Gasteiger partial charge in [-0.3, -0.25) is 24.5 Å². The predicted octanol–water partition coefficient (Wildman–Crippen LogP) is 7.07. The number of hydrogen-bond donors (Lipinski definition) is 5. The number of hydrogen-bond acceptors (Lipinski definition) is 10. The van der Waals surface area contributed by atoms with E-state index >= 15 is 0 Å². The fourth-order valence-corrected chi connectivity index (χ4v) is 7.01. The summed E-state index contributed by atoms with van der Waals surface area (Å²) >= 11 is 3.77. The molecular formula is C32H32N10O4S3. The maximum Gasteiger partial charge on any atom is 0.268 e. The highest BCUT2D eigenvalue weighted by atomic mass is 32.1. The first-order valence-corrected chi connectivity index (χ1v) is 17.5. The number of thiophene rings is 1. The molecule has 1 aromatic carbocycles. The molecule has 17 heteroatoms. The summed E-state index contributed by atoms with van der Waals surface area (Å²) in [5.41, 5.74) is 12.4. The van der Waals surface area contributed by atoms with Crippen LogP contribution in [0.5, 0.6) is 0 Å². The highest BCUT2D eigenvalue weighted by Gasteiger charge is 2.27. The molecule has 5 aromatic rings. The van der Waals surface area contributed by atoms with Gasteiger partial charge in [0.2, 0.25) is 5.91 Å². The minimum absolute atomic E-state index is 0.177. The van der Waals surface area contributed by atoms with Gasteiger partial charge >= 0.3 is 0 Å². The van der Waals surface area contributed by atoms with E-state index in [1.54, 1.807) is 48.0 Å². The Morgan fingerprint density at radius 1 is 0.959 bits per heavy atom. The van der Waals surface area contributed by atoms with E-state index in [0.717, 1.165) is 10.6 Å². The number of aromatic amines is 1. The van der Waals surface area contributed by atoms with Crippen molar-refractivity contribution < 1.29 is 19.2 Å². The summed E-state index contributed by atoms with van der Waals surface area (Å²) in [6.45, 7) is 13.0. The van der Waals surface area contributed by atoms with Gasteiger partial charge in [-0.25, -0.2) is 9.97 Å². The van der Waals surface area contributed by atoms with Crippen LogP contribution in [0.1, 0.15) is 51.5 Å². The third-order valence-corrected chi connectivity index (χ3v) is 10.1. The Balaban J connectivity index is 1.21. The lowest BCUT2D eigenvalue weighted by Gasteiger charge is -2.20. The van der Waals surface area contributed by atoms with Gasteiger partial charge in [0, 0.05) is 42.7 Å². The highest BCUT2D eigenvalue weighted by Crippen LogP contribution is 2.30. The Kier molecular flexibility index (Phi) is 10.6. The van der Waals surface area contributed by atoms with Gasteiger partial charge in [-0.15, -0.1) is 34.0 Å². The number of aryl methyl sites for hydroxylation is 2. The lowest BCUT2D eigenvalue weighted by atomic mass is 10.0. The first-order chi connectivity index (χ1) is 23.3. The van der Waals surface area contributed by atoms with E-state index in [4.69, 9.17) is 5.53 Å². The number of rotatable bonds is 12. The summed E-state index contributed by atoms with van der Waals surface area (Å²) in [6, 6.07) is 6.38. The topological polar surface area (TPSA) is 207 Å². The number of H-pyrrole nitrogens is 1. The standard InChI is InChI=1S/C32H32N10O4S3/c1-14(2)25(37-27(43)22-10-18-9-20(41-42-33)7-8-21(18)35-22)29(45)39-31-36-23(13-48-31)19-11-24(47-12-19)28(44)38-26(15(3)4)30(46)40-32-34-16(5)17(6)49-32/h7-13,15,25-26,35H,1H2,2-6H3,(H,37,43)(H,38,44)(H,34,40,46)(H,36,39,45)/t25-,26-/m0/s1. The molecule has 14 nitrogen and oxygen atoms in total. The van der Waals surface area contributed by atoms with Gasteiger partial charge in [-0.1, -0.05) is 31.6 Å². The quantitative estimate of drug-likeness (QED) is 0.0394. The molecule has 5 rings (SSSR count). The zero-order chi connectivity index (χ0) is 35.4. The van der Waals surface area contributed by atoms with Crippen molar-refractivity contribution in [3.63, 3.8) is 0 Å². The third-order valence-electron chi connectivity index (χ3n) is 7.39. The van der Waals surface area contributed by atoms with Crippen molar-refractivity contribution in [2.75, 3.05) is 10.6 Å². The molecule has 0 aliphatic heterocycles. The van der Waals surface area contributed by atoms with Crippen LogP contribution >= 0.6 is 34.0 Å². The first-order valence-electron chi connectivity index (χ1n) is 14.9. The molecule has 0 bridgehead atoms. The molecule has 252 valence electrons. The maximum absolute atomic E-state index is 13.2. The molecule has 49 heavy (non-hydrogen) atoms. The van der Waals surface area contributed by atoms with E-state index in [0.29, 0.717) is 43.4 Å². The Bertz CT molecular complexity index is 2120. The molecule has 4 amide bonds. The Morgan fingerprint density at radius 2 is 1.71 bits per heavy atom. The van der Waals surface area contributed by atoms with Crippen LogP contribution in [0, 0.1) is 19.8 Å². The summed E-state index contributed by atoms with van der Waals surface area (Å²) in [5, 5.41) is 19.6. The van der Waals surface area contributed by atoms with E-state index in [-0.39, 0.29) is 22.7 Å². The number of azide groups is 1. The van der Waals surface area contributed by atoms with Crippen molar-refractivity contribution in [2.24, 2.45) is 11.0 Å². The summed E-state index contributed by atoms with van der Waals surface area (Å²) in [7, 11) is 0. The largest absolute Gasteiger partial charge is 0.351 e. The van der Waals surface area contributed by atoms with Gasteiger partial charge < -0.3 is 20.9 Å². The zero-order valence-corrected chi connectivity index (χ0v) is 29.5. The number of carbonyl (C=O) groups excluding carboxylic acids is 4. The van der Waals surface area contributed by atoms with Crippen molar-refractivity contribution in [1.29, 1.82) is 0 Å². The van der Waals surface area contributed by atoms with Crippen molar-refractivity contribution in [3.05, 3.63) is 84.8 Å². The molecule has 4 aromatic heterocycles. The summed E-state index contributed by atoms with van der Waals surface area (Å²) in [5.74, 6) is -1.98. The molecule has 0 radical (unpaired) electrons. The summed E-state index contributed by atoms with van der Waals surface area (Å²) < 4.78 is 0. The summed E-state index contributed by atoms with van der Waals surface area (Å²) in [4.78, 5) is 68.5. The molecule has 4 heterocycles. The van der Waals surface area contributed by atoms with Crippen molar-refractivity contribution in [3.8, 4) is 11.3 Å². The lowest BCUT2D eigenvalue weighted by Crippen LogP contribution is -2.46. The van der Waals surface area contributed by atoms with Gasteiger partial charge in [0.25, 0.3) is 17.7 Å². The molecule has 0 saturated heterocycles. The Hall–Kier alpha value is -5.35. The second-order valence-electron chi connectivity index (χ2n) is 11.5. The molecule has 0 spiro atoms. The van der Waals surface area contributed by atoms with E-state index in [2.05, 4.69) is 52.8 Å². The fourth-order valence-electron chi connectivity index (χ4n) is 4.67. The van der Waals surface area contributed by atoms with E-state index in [1.807, 2.05) is 27.7 Å². The minimum atomic E-state index is -1.06. The van der Waals surface area contributed by atoms with Gasteiger partial charge in [-0.2, -0.15) is 0 Å². The highest BCUT2D eigenvalue weighted by molar-refractivity contribution is 7.16. The fraction of sp³-hybridized carbons (Fsp3) is 0.250. The normalized spacial score (nSPS) is 12.2. The second-order valence-corrected chi connectivity index (χ2v) is 14.4. The predicted molar refractivity (Wildman–Crippen MR) is 194 cm³/mol. The summed E-state index contributed by atoms with van der Waals surface area (Å²) in [6.07, 6.45) is 0. The van der Waals surface area contributed by atoms with E-state index in [9.17, 15) is 19.2 Å². The van der Waals surface area contributed by atoms with Crippen LogP contribution in [0.2, 0.25) is 0 Å². The van der Waals surface area contributed by atoms with Crippen molar-refractivity contribution in [2.45, 2.75) is 46.7 Å². The lowest BCUT2D eigenvalue weighted by molar-refractivity contribution is -0.119. The smallest absolute Gasteiger partial charge is 0.268 e. The van der Waals surface area contributed by atoms with Crippen LogP contribution in [-0.2, 0) is 9.59 Å². The molecule has 0 aliphatic carbocycles. The molecule has 2 atom stereocenters. The number of fused-ring (bicyclic) bond motifs is 1. The Morgan fingerprint density at radius 3 is 2.39 bits per heavy atom. The van der Waals surface area contributed by atoms with Gasteiger partial charge in [0.05, 0.1) is 16.3 Å². The number of amides is 4. The number of thiazole rings is 2. The Labute approximate surface area is 292 Å². The molecule has 0 fully saturated rings. The van der Waals surface area contributed by atoms with E-state index in [1.165, 1.54) is 34.0 Å². The number of nitrogens with one attached hydrogen (secondary N) is 5. The first kappa shape index (κ1) is 35.0. The number of carbonyl (C=O) groups is 4. The van der Waals surface area contributed by atoms with Crippen molar-refractivity contribution in [1.82, 2.24) is 25.6 Å². The molecule has 0 aliphatic rings. The molecule has 5 N–H and O–H groups in total. The number of anilines is 2. The monoisotopic (exact) mass is 716 g/mol. The van der Waals surface area contributed by atoms with Crippen LogP contribution in [0.15, 0.2) is 58.4 Å². The molecule has 0 unspecified atom stereocenters. The van der Waals surface area contributed by atoms with Crippen LogP contribution in [0.3, 0.4) is 0 Å². The minimum Gasteiger partial charge on any atom is -0.351 e. The van der Waals surface area contributed by atoms with Crippen molar-refractivity contribution >= 4 is 84.5 Å². The van der Waals surface area contributed by atoms with Crippen LogP contribution in [0.25, 0.3) is 32.6 Å². The molecular weight excluding hydrogens is 685 g/mol. The third kappa shape index (κ3) is 8.21. The van der Waals surface area contributed by atoms with Gasteiger partial charge in [0.1, 0.15) is 17.8 Å². The molecule has 0 saturated carbocycles. The van der Waals surface area contributed by atoms with E-state index < -0.39 is 29.8 Å². The average Bonchev–Trinajstić information content (AvgIpc) is 3.85. The number of nitrogens with zero attached hydrogens (tertiary/aromatic N) is 5. The maximum atomic E-state index is 13.2. The van der Waals surface area contributed by atoms with Crippen LogP contribution in [0.4, 0.5) is 16.0 Å². The van der Waals surface area contributed by atoms with Crippen LogP contribution < -0.4 is 21.3 Å². The number of aromatic nitrogens is 3. The second kappa shape index (κ2) is 14.8. The average molecular weight is 717 g/mol. The number of benzene rings is 1. The zero-order valence-electron chi connectivity index (χ0n) is 27.1. The van der Waals surface area contributed by atoms with Gasteiger partial charge in [-0.05, 0) is 62.1 Å². The SMILES string of the molecule is C=C(C)[C@H](NC(=O)c1cc2cc(N=[N+]=[N-])ccc2[nH]1)C(=O)Nc1nc(-c2csc(C(=O)N[C@H](C(=O)Nc3nc(C)c(C)s3)C(C)C)c2)cs1.